The Morgan fingerprint density at radius 3 is 2.86 bits per heavy atom. The Bertz CT molecular complexity index is 726. The smallest absolute Gasteiger partial charge is 0.282 e. The molecule has 2 aromatic rings. The molecule has 22 heavy (non-hydrogen) atoms. The van der Waals surface area contributed by atoms with E-state index in [1.807, 2.05) is 12.3 Å². The second-order valence-electron chi connectivity index (χ2n) is 6.22. The van der Waals surface area contributed by atoms with Crippen LogP contribution in [0, 0.1) is 0 Å². The molecule has 4 nitrogen and oxygen atoms in total. The molecule has 0 saturated heterocycles. The highest BCUT2D eigenvalue weighted by Crippen LogP contribution is 2.35. The van der Waals surface area contributed by atoms with Crippen LogP contribution < -0.4 is 5.73 Å². The van der Waals surface area contributed by atoms with Crippen LogP contribution in [0.4, 0.5) is 0 Å². The number of hydrogen-bond acceptors (Lipinski definition) is 4. The van der Waals surface area contributed by atoms with E-state index < -0.39 is 0 Å². The van der Waals surface area contributed by atoms with Crippen molar-refractivity contribution in [3.8, 4) is 11.1 Å². The topological polar surface area (TPSA) is 60.5 Å². The number of amidine groups is 1. The highest BCUT2D eigenvalue weighted by molar-refractivity contribution is 5.74. The highest BCUT2D eigenvalue weighted by atomic mass is 16.5. The first kappa shape index (κ1) is 13.3. The molecule has 0 saturated carbocycles. The molecule has 4 heteroatoms. The zero-order valence-electron chi connectivity index (χ0n) is 12.5. The monoisotopic (exact) mass is 293 g/mol. The van der Waals surface area contributed by atoms with Crippen molar-refractivity contribution in [2.24, 2.45) is 10.7 Å². The first-order chi connectivity index (χ1) is 10.7. The number of ether oxygens (including phenoxy) is 1. The van der Waals surface area contributed by atoms with E-state index in [-0.39, 0.29) is 5.54 Å². The largest absolute Gasteiger partial charge is 0.463 e. The van der Waals surface area contributed by atoms with Crippen molar-refractivity contribution >= 4 is 6.02 Å². The number of aliphatic imine (C=N–C) groups is 1. The molecule has 0 radical (unpaired) electrons. The Balaban J connectivity index is 1.73. The number of pyridine rings is 1. The van der Waals surface area contributed by atoms with Crippen molar-refractivity contribution in [2.45, 2.75) is 31.2 Å². The van der Waals surface area contributed by atoms with Crippen molar-refractivity contribution in [1.29, 1.82) is 0 Å². The molecule has 2 N–H and O–H groups in total. The molecule has 2 heterocycles. The van der Waals surface area contributed by atoms with E-state index in [1.165, 1.54) is 16.7 Å². The quantitative estimate of drug-likeness (QED) is 0.879. The molecule has 112 valence electrons. The van der Waals surface area contributed by atoms with Crippen LogP contribution in [-0.4, -0.2) is 23.2 Å². The predicted molar refractivity (Wildman–Crippen MR) is 86.6 cm³/mol. The molecule has 2 aliphatic rings. The number of aryl methyl sites for hydroxylation is 1. The Kier molecular flexibility index (Phi) is 3.10. The molecule has 1 spiro atoms. The molecule has 1 unspecified atom stereocenters. The van der Waals surface area contributed by atoms with Gasteiger partial charge in [-0.25, -0.2) is 4.99 Å². The number of fused-ring (bicyclic) bond motifs is 1. The molecule has 1 aromatic heterocycles. The van der Waals surface area contributed by atoms with Gasteiger partial charge >= 0.3 is 0 Å². The lowest BCUT2D eigenvalue weighted by Gasteiger charge is -2.22. The van der Waals surface area contributed by atoms with Gasteiger partial charge in [0.15, 0.2) is 0 Å². The second-order valence-corrected chi connectivity index (χ2v) is 6.22. The van der Waals surface area contributed by atoms with Crippen LogP contribution >= 0.6 is 0 Å². The summed E-state index contributed by atoms with van der Waals surface area (Å²) in [6.07, 6.45) is 7.86. The Labute approximate surface area is 130 Å². The zero-order chi connectivity index (χ0) is 15.0. The average molecular weight is 293 g/mol. The SMILES string of the molecule is NC1=NC2(CCCc3ccc(-c4cccnc4)cc3C2)CO1. The summed E-state index contributed by atoms with van der Waals surface area (Å²) in [6.45, 7) is 0.607. The molecule has 1 aliphatic heterocycles. The number of nitrogens with two attached hydrogens (primary N) is 1. The molecule has 1 atom stereocenters. The van der Waals surface area contributed by atoms with Crippen LogP contribution in [0.1, 0.15) is 24.0 Å². The van der Waals surface area contributed by atoms with Gasteiger partial charge in [-0.3, -0.25) is 4.98 Å². The highest BCUT2D eigenvalue weighted by Gasteiger charge is 2.37. The Hall–Kier alpha value is -2.36. The first-order valence-corrected chi connectivity index (χ1v) is 7.74. The maximum absolute atomic E-state index is 5.75. The number of nitrogens with zero attached hydrogens (tertiary/aromatic N) is 2. The van der Waals surface area contributed by atoms with Gasteiger partial charge in [-0.2, -0.15) is 0 Å². The van der Waals surface area contributed by atoms with Crippen molar-refractivity contribution in [1.82, 2.24) is 4.98 Å². The Morgan fingerprint density at radius 1 is 1.14 bits per heavy atom. The molecule has 0 amide bonds. The molecule has 1 aliphatic carbocycles. The van der Waals surface area contributed by atoms with Gasteiger partial charge in [-0.1, -0.05) is 24.3 Å². The summed E-state index contributed by atoms with van der Waals surface area (Å²) in [5, 5.41) is 0. The van der Waals surface area contributed by atoms with Gasteiger partial charge in [0, 0.05) is 18.8 Å². The van der Waals surface area contributed by atoms with Crippen LogP contribution in [0.15, 0.2) is 47.7 Å². The van der Waals surface area contributed by atoms with E-state index >= 15 is 0 Å². The minimum atomic E-state index is -0.164. The van der Waals surface area contributed by atoms with Gasteiger partial charge in [0.25, 0.3) is 6.02 Å². The molecule has 1 aromatic carbocycles. The minimum absolute atomic E-state index is 0.164. The van der Waals surface area contributed by atoms with Gasteiger partial charge in [-0.05, 0) is 47.6 Å². The van der Waals surface area contributed by atoms with Crippen LogP contribution in [0.2, 0.25) is 0 Å². The van der Waals surface area contributed by atoms with Crippen molar-refractivity contribution in [3.63, 3.8) is 0 Å². The average Bonchev–Trinajstić information content (AvgIpc) is 2.80. The minimum Gasteiger partial charge on any atom is -0.463 e. The number of hydrogen-bond donors (Lipinski definition) is 1. The summed E-state index contributed by atoms with van der Waals surface area (Å²) in [4.78, 5) is 8.81. The fourth-order valence-corrected chi connectivity index (χ4v) is 3.52. The molecular formula is C18H19N3O. The third-order valence-corrected chi connectivity index (χ3v) is 4.64. The summed E-state index contributed by atoms with van der Waals surface area (Å²) in [7, 11) is 0. The zero-order valence-corrected chi connectivity index (χ0v) is 12.5. The standard InChI is InChI=1S/C18H19N3O/c19-17-21-18(12-22-17)7-1-3-13-5-6-14(9-16(13)10-18)15-4-2-8-20-11-15/h2,4-6,8-9,11H,1,3,7,10,12H2,(H2,19,21). The normalized spacial score (nSPS) is 23.5. The van der Waals surface area contributed by atoms with E-state index in [2.05, 4.69) is 34.2 Å². The first-order valence-electron chi connectivity index (χ1n) is 7.74. The van der Waals surface area contributed by atoms with E-state index in [4.69, 9.17) is 10.5 Å². The molecule has 0 fully saturated rings. The lowest BCUT2D eigenvalue weighted by molar-refractivity contribution is 0.241. The number of aromatic nitrogens is 1. The lowest BCUT2D eigenvalue weighted by atomic mass is 9.89. The fraction of sp³-hybridized carbons (Fsp3) is 0.333. The summed E-state index contributed by atoms with van der Waals surface area (Å²) in [6, 6.07) is 11.1. The van der Waals surface area contributed by atoms with Crippen LogP contribution in [0.5, 0.6) is 0 Å². The molecular weight excluding hydrogens is 274 g/mol. The maximum atomic E-state index is 5.75. The summed E-state index contributed by atoms with van der Waals surface area (Å²) in [5.41, 5.74) is 10.7. The van der Waals surface area contributed by atoms with Crippen molar-refractivity contribution in [2.75, 3.05) is 6.61 Å². The third kappa shape index (κ3) is 2.34. The van der Waals surface area contributed by atoms with Crippen LogP contribution in [0.25, 0.3) is 11.1 Å². The maximum Gasteiger partial charge on any atom is 0.282 e. The lowest BCUT2D eigenvalue weighted by Crippen LogP contribution is -2.30. The summed E-state index contributed by atoms with van der Waals surface area (Å²) < 4.78 is 5.45. The van der Waals surface area contributed by atoms with Gasteiger partial charge in [0.2, 0.25) is 0 Å². The van der Waals surface area contributed by atoms with E-state index in [0.29, 0.717) is 12.6 Å². The van der Waals surface area contributed by atoms with Gasteiger partial charge < -0.3 is 10.5 Å². The predicted octanol–water partition coefficient (Wildman–Crippen LogP) is 2.71. The van der Waals surface area contributed by atoms with Crippen molar-refractivity contribution < 1.29 is 4.74 Å². The van der Waals surface area contributed by atoms with Gasteiger partial charge in [0.1, 0.15) is 12.1 Å². The van der Waals surface area contributed by atoms with Gasteiger partial charge in [0.05, 0.1) is 0 Å². The Morgan fingerprint density at radius 2 is 2.09 bits per heavy atom. The van der Waals surface area contributed by atoms with E-state index in [1.54, 1.807) is 6.20 Å². The summed E-state index contributed by atoms with van der Waals surface area (Å²) >= 11 is 0. The van der Waals surface area contributed by atoms with E-state index in [9.17, 15) is 0 Å². The van der Waals surface area contributed by atoms with E-state index in [0.717, 1.165) is 31.2 Å². The summed E-state index contributed by atoms with van der Waals surface area (Å²) in [5.74, 6) is 0. The molecule has 0 bridgehead atoms. The fourth-order valence-electron chi connectivity index (χ4n) is 3.52. The third-order valence-electron chi connectivity index (χ3n) is 4.64. The van der Waals surface area contributed by atoms with Crippen LogP contribution in [0.3, 0.4) is 0 Å². The van der Waals surface area contributed by atoms with Gasteiger partial charge in [-0.15, -0.1) is 0 Å². The van der Waals surface area contributed by atoms with Crippen LogP contribution in [-0.2, 0) is 17.6 Å². The number of rotatable bonds is 1. The number of benzene rings is 1. The second kappa shape index (κ2) is 5.13. The molecule has 4 rings (SSSR count). The van der Waals surface area contributed by atoms with Crippen molar-refractivity contribution in [3.05, 3.63) is 53.9 Å².